The molecule has 1 aliphatic carbocycles. The first kappa shape index (κ1) is 14.2. The summed E-state index contributed by atoms with van der Waals surface area (Å²) in [7, 11) is 0. The van der Waals surface area contributed by atoms with Gasteiger partial charge < -0.3 is 14.6 Å². The third-order valence-electron chi connectivity index (χ3n) is 3.39. The van der Waals surface area contributed by atoms with Gasteiger partial charge in [-0.1, -0.05) is 18.2 Å². The Kier molecular flexibility index (Phi) is 4.29. The van der Waals surface area contributed by atoms with E-state index >= 15 is 0 Å². The molecule has 110 valence electrons. The number of nitrogens with one attached hydrogen (secondary N) is 1. The molecule has 0 radical (unpaired) electrons. The maximum absolute atomic E-state index is 12.2. The van der Waals surface area contributed by atoms with Gasteiger partial charge in [0.25, 0.3) is 5.91 Å². The largest absolute Gasteiger partial charge is 0.492 e. The van der Waals surface area contributed by atoms with Crippen molar-refractivity contribution in [1.29, 1.82) is 0 Å². The molecule has 1 aromatic heterocycles. The first-order valence-corrected chi connectivity index (χ1v) is 7.87. The Hall–Kier alpha value is -1.75. The van der Waals surface area contributed by atoms with Crippen LogP contribution in [-0.4, -0.2) is 23.6 Å². The number of nitrogens with zero attached hydrogens (tertiary/aromatic N) is 1. The molecule has 21 heavy (non-hydrogen) atoms. The second kappa shape index (κ2) is 6.35. The van der Waals surface area contributed by atoms with Crippen LogP contribution in [0.5, 0.6) is 5.75 Å². The topological polar surface area (TPSA) is 43.3 Å². The molecule has 1 amide bonds. The van der Waals surface area contributed by atoms with Crippen molar-refractivity contribution >= 4 is 21.8 Å². The van der Waals surface area contributed by atoms with Crippen LogP contribution in [0.4, 0.5) is 0 Å². The minimum absolute atomic E-state index is 0.0516. The molecule has 4 nitrogen and oxygen atoms in total. The summed E-state index contributed by atoms with van der Waals surface area (Å²) in [6.45, 7) is 0.947. The number of hydrogen-bond donors (Lipinski definition) is 1. The smallest absolute Gasteiger partial charge is 0.268 e. The van der Waals surface area contributed by atoms with Crippen LogP contribution in [0, 0.1) is 0 Å². The van der Waals surface area contributed by atoms with E-state index in [0.717, 1.165) is 23.1 Å². The second-order valence-electron chi connectivity index (χ2n) is 5.10. The number of hydrogen-bond acceptors (Lipinski definition) is 2. The fraction of sp³-hybridized carbons (Fsp3) is 0.312. The van der Waals surface area contributed by atoms with Crippen LogP contribution in [0.25, 0.3) is 0 Å². The van der Waals surface area contributed by atoms with Crippen molar-refractivity contribution in [3.63, 3.8) is 0 Å². The summed E-state index contributed by atoms with van der Waals surface area (Å²) in [4.78, 5) is 12.2. The minimum Gasteiger partial charge on any atom is -0.492 e. The summed E-state index contributed by atoms with van der Waals surface area (Å²) in [6, 6.07) is 11.9. The van der Waals surface area contributed by atoms with Gasteiger partial charge in [-0.3, -0.25) is 4.79 Å². The van der Waals surface area contributed by atoms with Crippen molar-refractivity contribution in [2.45, 2.75) is 18.9 Å². The van der Waals surface area contributed by atoms with E-state index in [1.54, 1.807) is 0 Å². The number of ether oxygens (including phenoxy) is 1. The monoisotopic (exact) mass is 348 g/mol. The van der Waals surface area contributed by atoms with Crippen LogP contribution in [0.2, 0.25) is 0 Å². The van der Waals surface area contributed by atoms with E-state index in [1.165, 1.54) is 0 Å². The average Bonchev–Trinajstić information content (AvgIpc) is 3.27. The van der Waals surface area contributed by atoms with Gasteiger partial charge in [0.1, 0.15) is 18.1 Å². The SMILES string of the molecule is O=C(NCCOc1ccccc1)c1cc(Br)cn1C1CC1. The first-order valence-electron chi connectivity index (χ1n) is 7.07. The van der Waals surface area contributed by atoms with Crippen LogP contribution >= 0.6 is 15.9 Å². The van der Waals surface area contributed by atoms with E-state index in [2.05, 4.69) is 25.8 Å². The Morgan fingerprint density at radius 1 is 1.33 bits per heavy atom. The fourth-order valence-electron chi connectivity index (χ4n) is 2.22. The zero-order valence-electron chi connectivity index (χ0n) is 11.6. The number of aromatic nitrogens is 1. The van der Waals surface area contributed by atoms with Crippen molar-refractivity contribution in [3.05, 3.63) is 52.8 Å². The van der Waals surface area contributed by atoms with Crippen LogP contribution < -0.4 is 10.1 Å². The summed E-state index contributed by atoms with van der Waals surface area (Å²) in [6.07, 6.45) is 4.28. The van der Waals surface area contributed by atoms with Crippen LogP contribution in [0.1, 0.15) is 29.4 Å². The van der Waals surface area contributed by atoms with Gasteiger partial charge in [0, 0.05) is 16.7 Å². The third-order valence-corrected chi connectivity index (χ3v) is 3.82. The maximum atomic E-state index is 12.2. The quantitative estimate of drug-likeness (QED) is 0.813. The van der Waals surface area contributed by atoms with Gasteiger partial charge in [0.2, 0.25) is 0 Å². The number of benzene rings is 1. The zero-order chi connectivity index (χ0) is 14.7. The van der Waals surface area contributed by atoms with Gasteiger partial charge >= 0.3 is 0 Å². The molecule has 1 aromatic carbocycles. The van der Waals surface area contributed by atoms with Gasteiger partial charge in [0.05, 0.1) is 6.54 Å². The predicted octanol–water partition coefficient (Wildman–Crippen LogP) is 3.39. The van der Waals surface area contributed by atoms with Crippen molar-refractivity contribution in [2.75, 3.05) is 13.2 Å². The predicted molar refractivity (Wildman–Crippen MR) is 84.7 cm³/mol. The Morgan fingerprint density at radius 2 is 2.10 bits per heavy atom. The zero-order valence-corrected chi connectivity index (χ0v) is 13.2. The van der Waals surface area contributed by atoms with Crippen molar-refractivity contribution in [3.8, 4) is 5.75 Å². The highest BCUT2D eigenvalue weighted by Crippen LogP contribution is 2.37. The molecule has 0 aliphatic heterocycles. The summed E-state index contributed by atoms with van der Waals surface area (Å²) < 4.78 is 8.55. The molecule has 0 atom stereocenters. The lowest BCUT2D eigenvalue weighted by atomic mass is 10.3. The van der Waals surface area contributed by atoms with Crippen LogP contribution in [-0.2, 0) is 0 Å². The van der Waals surface area contributed by atoms with Crippen LogP contribution in [0.3, 0.4) is 0 Å². The summed E-state index contributed by atoms with van der Waals surface area (Å²) >= 11 is 3.43. The molecule has 1 saturated carbocycles. The highest BCUT2D eigenvalue weighted by Gasteiger charge is 2.27. The number of para-hydroxylation sites is 1. The number of carbonyl (C=O) groups is 1. The molecule has 1 fully saturated rings. The van der Waals surface area contributed by atoms with E-state index in [-0.39, 0.29) is 5.91 Å². The van der Waals surface area contributed by atoms with Crippen molar-refractivity contribution < 1.29 is 9.53 Å². The van der Waals surface area contributed by atoms with Gasteiger partial charge in [-0.05, 0) is 47.0 Å². The van der Waals surface area contributed by atoms with Gasteiger partial charge in [-0.2, -0.15) is 0 Å². The standard InChI is InChI=1S/C16H17BrN2O2/c17-12-10-15(19(11-12)13-6-7-13)16(20)18-8-9-21-14-4-2-1-3-5-14/h1-5,10-11,13H,6-9H2,(H,18,20). The molecule has 0 unspecified atom stereocenters. The number of rotatable bonds is 6. The van der Waals surface area contributed by atoms with Gasteiger partial charge in [0.15, 0.2) is 0 Å². The first-order chi connectivity index (χ1) is 10.2. The number of carbonyl (C=O) groups excluding carboxylic acids is 1. The molecule has 1 heterocycles. The average molecular weight is 349 g/mol. The molecular formula is C16H17BrN2O2. The Labute approximate surface area is 132 Å². The summed E-state index contributed by atoms with van der Waals surface area (Å²) in [5, 5.41) is 2.90. The molecule has 2 aromatic rings. The van der Waals surface area contributed by atoms with E-state index in [0.29, 0.717) is 24.9 Å². The van der Waals surface area contributed by atoms with E-state index in [1.807, 2.05) is 42.6 Å². The van der Waals surface area contributed by atoms with E-state index in [9.17, 15) is 4.79 Å². The lowest BCUT2D eigenvalue weighted by Crippen LogP contribution is -2.29. The van der Waals surface area contributed by atoms with Crippen molar-refractivity contribution in [2.24, 2.45) is 0 Å². The lowest BCUT2D eigenvalue weighted by Gasteiger charge is -2.09. The molecule has 0 bridgehead atoms. The van der Waals surface area contributed by atoms with Gasteiger partial charge in [-0.15, -0.1) is 0 Å². The minimum atomic E-state index is -0.0516. The summed E-state index contributed by atoms with van der Waals surface area (Å²) in [5.41, 5.74) is 0.712. The molecule has 0 spiro atoms. The number of halogens is 1. The molecular weight excluding hydrogens is 332 g/mol. The van der Waals surface area contributed by atoms with Crippen LogP contribution in [0.15, 0.2) is 47.1 Å². The Bertz CT molecular complexity index is 620. The normalized spacial score (nSPS) is 14.0. The van der Waals surface area contributed by atoms with E-state index in [4.69, 9.17) is 4.74 Å². The third kappa shape index (κ3) is 3.67. The Balaban J connectivity index is 1.50. The van der Waals surface area contributed by atoms with Crippen molar-refractivity contribution in [1.82, 2.24) is 9.88 Å². The van der Waals surface area contributed by atoms with Gasteiger partial charge in [-0.25, -0.2) is 0 Å². The summed E-state index contributed by atoms with van der Waals surface area (Å²) in [5.74, 6) is 0.764. The molecule has 0 saturated heterocycles. The fourth-order valence-corrected chi connectivity index (χ4v) is 2.66. The molecule has 3 rings (SSSR count). The van der Waals surface area contributed by atoms with E-state index < -0.39 is 0 Å². The maximum Gasteiger partial charge on any atom is 0.268 e. The highest BCUT2D eigenvalue weighted by atomic mass is 79.9. The number of amides is 1. The Morgan fingerprint density at radius 3 is 2.81 bits per heavy atom. The molecule has 5 heteroatoms. The molecule has 1 N–H and O–H groups in total. The molecule has 1 aliphatic rings. The highest BCUT2D eigenvalue weighted by molar-refractivity contribution is 9.10. The lowest BCUT2D eigenvalue weighted by molar-refractivity contribution is 0.0937. The second-order valence-corrected chi connectivity index (χ2v) is 6.02.